The van der Waals surface area contributed by atoms with Crippen molar-refractivity contribution in [2.45, 2.75) is 5.92 Å². The fourth-order valence-corrected chi connectivity index (χ4v) is 3.87. The lowest BCUT2D eigenvalue weighted by atomic mass is 9.75. The van der Waals surface area contributed by atoms with Crippen LogP contribution in [-0.4, -0.2) is 11.6 Å². The van der Waals surface area contributed by atoms with Gasteiger partial charge in [0, 0.05) is 21.2 Å². The van der Waals surface area contributed by atoms with E-state index in [1.54, 1.807) is 36.4 Å². The predicted octanol–water partition coefficient (Wildman–Crippen LogP) is 4.13. The Morgan fingerprint density at radius 3 is 2.33 bits per heavy atom. The number of hydrogen-bond acceptors (Lipinski definition) is 5. The van der Waals surface area contributed by atoms with Crippen LogP contribution in [-0.2, 0) is 4.74 Å². The van der Waals surface area contributed by atoms with E-state index in [-0.39, 0.29) is 38.9 Å². The molecule has 0 aromatic heterocycles. The second kappa shape index (κ2) is 6.27. The van der Waals surface area contributed by atoms with E-state index in [1.807, 2.05) is 6.07 Å². The molecule has 0 fully saturated rings. The number of allylic oxidation sites excluding steroid dienone is 3. The minimum absolute atomic E-state index is 0.0125. The zero-order valence-corrected chi connectivity index (χ0v) is 15.1. The first-order valence-electron chi connectivity index (χ1n) is 7.89. The second-order valence-electron chi connectivity index (χ2n) is 6.04. The number of ketones is 2. The highest BCUT2D eigenvalue weighted by Gasteiger charge is 2.44. The minimum Gasteiger partial charge on any atom is -0.436 e. The Morgan fingerprint density at radius 1 is 1.04 bits per heavy atom. The molecule has 2 aromatic rings. The number of nitrogens with zero attached hydrogens (tertiary/aromatic N) is 1. The molecule has 1 aliphatic carbocycles. The van der Waals surface area contributed by atoms with Crippen LogP contribution in [0.25, 0.3) is 0 Å². The van der Waals surface area contributed by atoms with Gasteiger partial charge in [-0.15, -0.1) is 0 Å². The Bertz CT molecular complexity index is 1140. The molecule has 1 heterocycles. The number of nitrogens with two attached hydrogens (primary N) is 1. The molecule has 1 atom stereocenters. The Kier molecular flexibility index (Phi) is 4.03. The molecule has 5 nitrogen and oxygen atoms in total. The number of halogens is 2. The summed E-state index contributed by atoms with van der Waals surface area (Å²) in [5, 5.41) is 10.3. The summed E-state index contributed by atoms with van der Waals surface area (Å²) in [5.74, 6) is -2.20. The summed E-state index contributed by atoms with van der Waals surface area (Å²) in [5.41, 5.74) is 6.88. The van der Waals surface area contributed by atoms with Crippen LogP contribution in [0.1, 0.15) is 32.2 Å². The van der Waals surface area contributed by atoms with Gasteiger partial charge in [0.1, 0.15) is 11.6 Å². The molecule has 27 heavy (non-hydrogen) atoms. The summed E-state index contributed by atoms with van der Waals surface area (Å²) in [4.78, 5) is 26.1. The molecule has 2 N–H and O–H groups in total. The van der Waals surface area contributed by atoms with Gasteiger partial charge < -0.3 is 10.5 Å². The van der Waals surface area contributed by atoms with Crippen LogP contribution in [0.15, 0.2) is 65.3 Å². The van der Waals surface area contributed by atoms with Crippen molar-refractivity contribution in [2.75, 3.05) is 0 Å². The highest BCUT2D eigenvalue weighted by Crippen LogP contribution is 2.46. The molecule has 1 unspecified atom stereocenters. The quantitative estimate of drug-likeness (QED) is 0.781. The fraction of sp³-hybridized carbons (Fsp3) is 0.0500. The number of hydrogen-bond donors (Lipinski definition) is 1. The first kappa shape index (κ1) is 17.3. The third-order valence-electron chi connectivity index (χ3n) is 4.56. The molecule has 2 aromatic carbocycles. The summed E-state index contributed by atoms with van der Waals surface area (Å²) in [6.07, 6.45) is 0. The van der Waals surface area contributed by atoms with Crippen LogP contribution in [0.4, 0.5) is 0 Å². The summed E-state index contributed by atoms with van der Waals surface area (Å²) in [6.45, 7) is 0. The Labute approximate surface area is 164 Å². The SMILES string of the molecule is N#CC1=C(N)OC2=C(C(=O)c3ccccc3C2=O)C1c1ccc(Cl)cc1Cl. The van der Waals surface area contributed by atoms with Gasteiger partial charge >= 0.3 is 0 Å². The van der Waals surface area contributed by atoms with Crippen LogP contribution in [0.3, 0.4) is 0 Å². The summed E-state index contributed by atoms with van der Waals surface area (Å²) in [6, 6.07) is 13.1. The zero-order chi connectivity index (χ0) is 19.3. The third-order valence-corrected chi connectivity index (χ3v) is 5.12. The monoisotopic (exact) mass is 396 g/mol. The molecule has 4 rings (SSSR count). The zero-order valence-electron chi connectivity index (χ0n) is 13.6. The molecular weight excluding hydrogens is 387 g/mol. The van der Waals surface area contributed by atoms with E-state index in [9.17, 15) is 14.9 Å². The molecule has 0 bridgehead atoms. The van der Waals surface area contributed by atoms with Crippen molar-refractivity contribution in [3.8, 4) is 6.07 Å². The molecule has 7 heteroatoms. The molecule has 2 aliphatic rings. The average molecular weight is 397 g/mol. The van der Waals surface area contributed by atoms with E-state index in [2.05, 4.69) is 0 Å². The predicted molar refractivity (Wildman–Crippen MR) is 99.2 cm³/mol. The topological polar surface area (TPSA) is 93.2 Å². The molecular formula is C20H10Cl2N2O3. The van der Waals surface area contributed by atoms with Crippen molar-refractivity contribution >= 4 is 34.8 Å². The smallest absolute Gasteiger partial charge is 0.229 e. The van der Waals surface area contributed by atoms with Crippen molar-refractivity contribution in [3.05, 3.63) is 92.0 Å². The van der Waals surface area contributed by atoms with Crippen molar-refractivity contribution in [1.29, 1.82) is 5.26 Å². The van der Waals surface area contributed by atoms with E-state index < -0.39 is 17.5 Å². The van der Waals surface area contributed by atoms with Gasteiger partial charge in [0.25, 0.3) is 0 Å². The van der Waals surface area contributed by atoms with Gasteiger partial charge in [0.2, 0.25) is 11.7 Å². The van der Waals surface area contributed by atoms with Crippen molar-refractivity contribution < 1.29 is 14.3 Å². The Hall–Kier alpha value is -3.07. The maximum Gasteiger partial charge on any atom is 0.229 e. The summed E-state index contributed by atoms with van der Waals surface area (Å²) >= 11 is 12.3. The first-order valence-corrected chi connectivity index (χ1v) is 8.64. The van der Waals surface area contributed by atoms with E-state index in [0.29, 0.717) is 10.6 Å². The summed E-state index contributed by atoms with van der Waals surface area (Å²) < 4.78 is 5.42. The lowest BCUT2D eigenvalue weighted by Crippen LogP contribution is -2.32. The van der Waals surface area contributed by atoms with Gasteiger partial charge in [-0.25, -0.2) is 0 Å². The normalized spacial score (nSPS) is 18.6. The summed E-state index contributed by atoms with van der Waals surface area (Å²) in [7, 11) is 0. The highest BCUT2D eigenvalue weighted by atomic mass is 35.5. The molecule has 0 saturated heterocycles. The first-order chi connectivity index (χ1) is 12.9. The lowest BCUT2D eigenvalue weighted by Gasteiger charge is -2.31. The van der Waals surface area contributed by atoms with Gasteiger partial charge in [-0.1, -0.05) is 53.5 Å². The molecule has 0 spiro atoms. The van der Waals surface area contributed by atoms with E-state index in [0.717, 1.165) is 0 Å². The van der Waals surface area contributed by atoms with Crippen molar-refractivity contribution in [2.24, 2.45) is 5.73 Å². The molecule has 0 radical (unpaired) electrons. The van der Waals surface area contributed by atoms with Crippen LogP contribution >= 0.6 is 23.2 Å². The van der Waals surface area contributed by atoms with Crippen molar-refractivity contribution in [3.63, 3.8) is 0 Å². The maximum absolute atomic E-state index is 13.2. The fourth-order valence-electron chi connectivity index (χ4n) is 3.35. The number of rotatable bonds is 1. The molecule has 132 valence electrons. The molecule has 1 aliphatic heterocycles. The lowest BCUT2D eigenvalue weighted by molar-refractivity contribution is 0.0897. The van der Waals surface area contributed by atoms with Gasteiger partial charge in [0.15, 0.2) is 11.5 Å². The highest BCUT2D eigenvalue weighted by molar-refractivity contribution is 6.35. The van der Waals surface area contributed by atoms with E-state index >= 15 is 0 Å². The number of benzene rings is 2. The van der Waals surface area contributed by atoms with Crippen LogP contribution < -0.4 is 5.73 Å². The number of Topliss-reactive ketones (excluding diaryl/α,β-unsaturated/α-hetero) is 2. The van der Waals surface area contributed by atoms with Crippen LogP contribution in [0.2, 0.25) is 10.0 Å². The molecule has 0 amide bonds. The number of carbonyl (C=O) groups excluding carboxylic acids is 2. The standard InChI is InChI=1S/C20H10Cl2N2O3/c21-9-5-6-12(14(22)7-9)15-13(8-23)20(24)27-19-16(15)17(25)10-3-1-2-4-11(10)18(19)26/h1-7,15H,24H2. The number of ether oxygens (including phenoxy) is 1. The van der Waals surface area contributed by atoms with Gasteiger partial charge in [0.05, 0.1) is 11.5 Å². The van der Waals surface area contributed by atoms with Gasteiger partial charge in [-0.05, 0) is 17.7 Å². The molecule has 0 saturated carbocycles. The minimum atomic E-state index is -0.923. The van der Waals surface area contributed by atoms with Crippen molar-refractivity contribution in [1.82, 2.24) is 0 Å². The van der Waals surface area contributed by atoms with E-state index in [1.165, 1.54) is 6.07 Å². The van der Waals surface area contributed by atoms with Crippen LogP contribution in [0.5, 0.6) is 0 Å². The largest absolute Gasteiger partial charge is 0.436 e. The maximum atomic E-state index is 13.2. The Morgan fingerprint density at radius 2 is 1.70 bits per heavy atom. The number of fused-ring (bicyclic) bond motifs is 1. The number of nitriles is 1. The second-order valence-corrected chi connectivity index (χ2v) is 6.88. The average Bonchev–Trinajstić information content (AvgIpc) is 2.65. The number of carbonyl (C=O) groups is 2. The van der Waals surface area contributed by atoms with E-state index in [4.69, 9.17) is 33.7 Å². The third kappa shape index (κ3) is 2.54. The Balaban J connectivity index is 2.00. The van der Waals surface area contributed by atoms with Crippen LogP contribution in [0, 0.1) is 11.3 Å². The van der Waals surface area contributed by atoms with Gasteiger partial charge in [-0.3, -0.25) is 9.59 Å². The van der Waals surface area contributed by atoms with Gasteiger partial charge in [-0.2, -0.15) is 5.26 Å².